The molecule has 2 aromatic carbocycles. The third-order valence-corrected chi connectivity index (χ3v) is 3.64. The second-order valence-electron chi connectivity index (χ2n) is 4.98. The first-order chi connectivity index (χ1) is 9.90. The molecule has 0 aliphatic carbocycles. The van der Waals surface area contributed by atoms with Crippen LogP contribution >= 0.6 is 0 Å². The van der Waals surface area contributed by atoms with E-state index in [1.54, 1.807) is 0 Å². The van der Waals surface area contributed by atoms with E-state index >= 15 is 0 Å². The minimum atomic E-state index is 0.628. The lowest BCUT2D eigenvalue weighted by molar-refractivity contribution is 0.171. The number of ether oxygens (including phenoxy) is 2. The summed E-state index contributed by atoms with van der Waals surface area (Å²) in [5.41, 5.74) is 2.47. The number of benzene rings is 2. The second kappa shape index (κ2) is 4.60. The van der Waals surface area contributed by atoms with Gasteiger partial charge in [-0.1, -0.05) is 24.3 Å². The minimum absolute atomic E-state index is 0.628. The molecule has 3 aromatic rings. The number of hydrogen-bond donors (Lipinski definition) is 0. The summed E-state index contributed by atoms with van der Waals surface area (Å²) in [4.78, 5) is 0. The Hall–Kier alpha value is -2.42. The molecule has 2 heterocycles. The zero-order valence-electron chi connectivity index (χ0n) is 11.1. The highest BCUT2D eigenvalue weighted by Crippen LogP contribution is 2.31. The summed E-state index contributed by atoms with van der Waals surface area (Å²) in [6, 6.07) is 16.7. The van der Waals surface area contributed by atoms with Gasteiger partial charge in [-0.25, -0.2) is 0 Å². The summed E-state index contributed by atoms with van der Waals surface area (Å²) in [5, 5.41) is 1.27. The Morgan fingerprint density at radius 3 is 2.70 bits per heavy atom. The Morgan fingerprint density at radius 1 is 0.900 bits per heavy atom. The molecule has 0 spiro atoms. The number of para-hydroxylation sites is 1. The molecule has 3 heteroatoms. The van der Waals surface area contributed by atoms with Crippen LogP contribution in [0.5, 0.6) is 11.5 Å². The van der Waals surface area contributed by atoms with Gasteiger partial charge in [0.15, 0.2) is 11.5 Å². The van der Waals surface area contributed by atoms with E-state index in [1.807, 2.05) is 6.07 Å². The SMILES string of the molecule is c1ccc2c(c1)ccn2Cc1ccc2c(c1)OCCO2. The van der Waals surface area contributed by atoms with E-state index in [0.29, 0.717) is 13.2 Å². The molecule has 0 N–H and O–H groups in total. The van der Waals surface area contributed by atoms with Crippen LogP contribution in [0, 0.1) is 0 Å². The van der Waals surface area contributed by atoms with Crippen molar-refractivity contribution < 1.29 is 9.47 Å². The van der Waals surface area contributed by atoms with Gasteiger partial charge in [0.2, 0.25) is 0 Å². The Bertz CT molecular complexity index is 761. The van der Waals surface area contributed by atoms with E-state index in [-0.39, 0.29) is 0 Å². The van der Waals surface area contributed by atoms with Crippen molar-refractivity contribution >= 4 is 10.9 Å². The van der Waals surface area contributed by atoms with Gasteiger partial charge in [0.05, 0.1) is 0 Å². The van der Waals surface area contributed by atoms with Gasteiger partial charge < -0.3 is 14.0 Å². The van der Waals surface area contributed by atoms with Crippen LogP contribution < -0.4 is 9.47 Å². The molecule has 0 saturated heterocycles. The number of rotatable bonds is 2. The monoisotopic (exact) mass is 265 g/mol. The highest BCUT2D eigenvalue weighted by molar-refractivity contribution is 5.80. The van der Waals surface area contributed by atoms with Crippen LogP contribution in [-0.2, 0) is 6.54 Å². The fraction of sp³-hybridized carbons (Fsp3) is 0.176. The van der Waals surface area contributed by atoms with E-state index in [9.17, 15) is 0 Å². The van der Waals surface area contributed by atoms with Crippen molar-refractivity contribution in [2.45, 2.75) is 6.54 Å². The fourth-order valence-corrected chi connectivity index (χ4v) is 2.66. The van der Waals surface area contributed by atoms with Crippen molar-refractivity contribution in [1.29, 1.82) is 0 Å². The normalized spacial score (nSPS) is 13.6. The van der Waals surface area contributed by atoms with Crippen LogP contribution in [0.4, 0.5) is 0 Å². The van der Waals surface area contributed by atoms with Gasteiger partial charge in [0.1, 0.15) is 13.2 Å². The van der Waals surface area contributed by atoms with Gasteiger partial charge in [-0.05, 0) is 35.2 Å². The summed E-state index contributed by atoms with van der Waals surface area (Å²) in [6.07, 6.45) is 2.13. The van der Waals surface area contributed by atoms with Gasteiger partial charge in [-0.15, -0.1) is 0 Å². The fourth-order valence-electron chi connectivity index (χ4n) is 2.66. The summed E-state index contributed by atoms with van der Waals surface area (Å²) >= 11 is 0. The van der Waals surface area contributed by atoms with E-state index < -0.39 is 0 Å². The van der Waals surface area contributed by atoms with Crippen molar-refractivity contribution in [3.8, 4) is 11.5 Å². The molecule has 0 radical (unpaired) electrons. The molecule has 100 valence electrons. The number of nitrogens with zero attached hydrogens (tertiary/aromatic N) is 1. The molecule has 0 amide bonds. The Morgan fingerprint density at radius 2 is 1.75 bits per heavy atom. The van der Waals surface area contributed by atoms with Gasteiger partial charge in [0, 0.05) is 18.3 Å². The van der Waals surface area contributed by atoms with Crippen LogP contribution in [0.2, 0.25) is 0 Å². The van der Waals surface area contributed by atoms with Crippen molar-refractivity contribution in [2.75, 3.05) is 13.2 Å². The third-order valence-electron chi connectivity index (χ3n) is 3.64. The molecule has 0 fully saturated rings. The van der Waals surface area contributed by atoms with E-state index in [1.165, 1.54) is 16.5 Å². The molecule has 0 atom stereocenters. The van der Waals surface area contributed by atoms with Crippen LogP contribution in [0.15, 0.2) is 54.7 Å². The standard InChI is InChI=1S/C17H15NO2/c1-2-4-15-14(3-1)7-8-18(15)12-13-5-6-16-17(11-13)20-10-9-19-16/h1-8,11H,9-10,12H2. The first-order valence-corrected chi connectivity index (χ1v) is 6.82. The molecule has 1 aromatic heterocycles. The van der Waals surface area contributed by atoms with Gasteiger partial charge in [-0.2, -0.15) is 0 Å². The molecular weight excluding hydrogens is 250 g/mol. The zero-order chi connectivity index (χ0) is 13.4. The second-order valence-corrected chi connectivity index (χ2v) is 4.98. The van der Waals surface area contributed by atoms with Crippen LogP contribution in [0.1, 0.15) is 5.56 Å². The van der Waals surface area contributed by atoms with Gasteiger partial charge in [0.25, 0.3) is 0 Å². The van der Waals surface area contributed by atoms with Crippen LogP contribution in [0.25, 0.3) is 10.9 Å². The number of aromatic nitrogens is 1. The molecule has 1 aliphatic rings. The number of hydrogen-bond acceptors (Lipinski definition) is 2. The molecule has 20 heavy (non-hydrogen) atoms. The van der Waals surface area contributed by atoms with E-state index in [4.69, 9.17) is 9.47 Å². The largest absolute Gasteiger partial charge is 0.486 e. The molecule has 3 nitrogen and oxygen atoms in total. The molecule has 4 rings (SSSR count). The zero-order valence-corrected chi connectivity index (χ0v) is 11.1. The summed E-state index contributed by atoms with van der Waals surface area (Å²) in [6.45, 7) is 2.10. The quantitative estimate of drug-likeness (QED) is 0.708. The van der Waals surface area contributed by atoms with Crippen LogP contribution in [0.3, 0.4) is 0 Å². The maximum atomic E-state index is 5.64. The minimum Gasteiger partial charge on any atom is -0.486 e. The smallest absolute Gasteiger partial charge is 0.161 e. The third kappa shape index (κ3) is 1.92. The Kier molecular flexibility index (Phi) is 2.62. The van der Waals surface area contributed by atoms with E-state index in [2.05, 4.69) is 53.2 Å². The van der Waals surface area contributed by atoms with E-state index in [0.717, 1.165) is 18.0 Å². The average molecular weight is 265 g/mol. The number of fused-ring (bicyclic) bond motifs is 2. The average Bonchev–Trinajstić information content (AvgIpc) is 2.91. The topological polar surface area (TPSA) is 23.4 Å². The highest BCUT2D eigenvalue weighted by atomic mass is 16.6. The lowest BCUT2D eigenvalue weighted by atomic mass is 10.2. The molecule has 1 aliphatic heterocycles. The maximum Gasteiger partial charge on any atom is 0.161 e. The van der Waals surface area contributed by atoms with Crippen LogP contribution in [-0.4, -0.2) is 17.8 Å². The predicted molar refractivity (Wildman–Crippen MR) is 78.5 cm³/mol. The van der Waals surface area contributed by atoms with Gasteiger partial charge >= 0.3 is 0 Å². The lowest BCUT2D eigenvalue weighted by Gasteiger charge is -2.19. The van der Waals surface area contributed by atoms with Crippen molar-refractivity contribution in [1.82, 2.24) is 4.57 Å². The summed E-state index contributed by atoms with van der Waals surface area (Å²) < 4.78 is 13.4. The van der Waals surface area contributed by atoms with Crippen molar-refractivity contribution in [3.63, 3.8) is 0 Å². The Balaban J connectivity index is 1.68. The molecule has 0 bridgehead atoms. The highest BCUT2D eigenvalue weighted by Gasteiger charge is 2.12. The summed E-state index contributed by atoms with van der Waals surface area (Å²) in [7, 11) is 0. The molecule has 0 saturated carbocycles. The maximum absolute atomic E-state index is 5.64. The van der Waals surface area contributed by atoms with Crippen molar-refractivity contribution in [3.05, 3.63) is 60.3 Å². The van der Waals surface area contributed by atoms with Crippen molar-refractivity contribution in [2.24, 2.45) is 0 Å². The molecular formula is C17H15NO2. The molecule has 0 unspecified atom stereocenters. The summed E-state index contributed by atoms with van der Waals surface area (Å²) in [5.74, 6) is 1.70. The first kappa shape index (κ1) is 11.4. The predicted octanol–water partition coefficient (Wildman–Crippen LogP) is 3.46. The first-order valence-electron chi connectivity index (χ1n) is 6.82. The van der Waals surface area contributed by atoms with Gasteiger partial charge in [-0.3, -0.25) is 0 Å². The lowest BCUT2D eigenvalue weighted by Crippen LogP contribution is -2.15. The Labute approximate surface area is 117 Å².